The topological polar surface area (TPSA) is 57.2 Å². The molecule has 0 saturated carbocycles. The average molecular weight is 391 g/mol. The minimum atomic E-state index is -0.212. The van der Waals surface area contributed by atoms with E-state index >= 15 is 0 Å². The molecule has 0 aliphatic carbocycles. The van der Waals surface area contributed by atoms with E-state index in [1.54, 1.807) is 0 Å². The predicted molar refractivity (Wildman–Crippen MR) is 110 cm³/mol. The molecule has 27 heavy (non-hydrogen) atoms. The third kappa shape index (κ3) is 5.87. The van der Waals surface area contributed by atoms with Crippen LogP contribution in [-0.4, -0.2) is 79.9 Å². The highest BCUT2D eigenvalue weighted by atomic mass is 32.2. The van der Waals surface area contributed by atoms with Gasteiger partial charge in [0.25, 0.3) is 5.91 Å². The smallest absolute Gasteiger partial charge is 0.251 e. The quantitative estimate of drug-likeness (QED) is 0.349. The van der Waals surface area contributed by atoms with E-state index in [0.717, 1.165) is 70.3 Å². The highest BCUT2D eigenvalue weighted by molar-refractivity contribution is 7.99. The van der Waals surface area contributed by atoms with Crippen molar-refractivity contribution in [3.63, 3.8) is 0 Å². The molecule has 1 atom stereocenters. The molecule has 0 radical (unpaired) electrons. The Morgan fingerprint density at radius 3 is 2.63 bits per heavy atom. The number of aliphatic imine (C=N–C) groups is 1. The number of ether oxygens (including phenoxy) is 1. The van der Waals surface area contributed by atoms with Gasteiger partial charge in [-0.3, -0.25) is 9.79 Å². The minimum Gasteiger partial charge on any atom is -0.368 e. The molecule has 148 valence electrons. The summed E-state index contributed by atoms with van der Waals surface area (Å²) in [6, 6.07) is 10.5. The number of hydrogen-bond donors (Lipinski definition) is 1. The van der Waals surface area contributed by atoms with Gasteiger partial charge in [-0.2, -0.15) is 0 Å². The van der Waals surface area contributed by atoms with Gasteiger partial charge in [0.2, 0.25) is 0 Å². The van der Waals surface area contributed by atoms with E-state index < -0.39 is 0 Å². The van der Waals surface area contributed by atoms with Crippen LogP contribution < -0.4 is 5.32 Å². The number of thioether (sulfide) groups is 1. The van der Waals surface area contributed by atoms with Crippen molar-refractivity contribution in [3.05, 3.63) is 30.3 Å². The molecule has 1 N–H and O–H groups in total. The van der Waals surface area contributed by atoms with Crippen molar-refractivity contribution < 1.29 is 9.53 Å². The average Bonchev–Trinajstić information content (AvgIpc) is 3.26. The number of hydrogen-bond acceptors (Lipinski definition) is 4. The molecule has 0 spiro atoms. The Balaban J connectivity index is 1.34. The zero-order valence-corrected chi connectivity index (χ0v) is 16.9. The van der Waals surface area contributed by atoms with Crippen LogP contribution in [0, 0.1) is 0 Å². The Hall–Kier alpha value is -1.73. The number of benzene rings is 1. The monoisotopic (exact) mass is 390 g/mol. The summed E-state index contributed by atoms with van der Waals surface area (Å²) in [5.41, 5.74) is 0. The fourth-order valence-electron chi connectivity index (χ4n) is 3.43. The van der Waals surface area contributed by atoms with Crippen LogP contribution in [-0.2, 0) is 9.53 Å². The van der Waals surface area contributed by atoms with Gasteiger partial charge in [-0.1, -0.05) is 18.2 Å². The minimum absolute atomic E-state index is 0.160. The van der Waals surface area contributed by atoms with Crippen molar-refractivity contribution in [2.75, 3.05) is 52.1 Å². The second kappa shape index (κ2) is 10.6. The van der Waals surface area contributed by atoms with Crippen molar-refractivity contribution >= 4 is 23.6 Å². The van der Waals surface area contributed by atoms with E-state index in [2.05, 4.69) is 39.5 Å². The lowest BCUT2D eigenvalue weighted by Gasteiger charge is -2.37. The van der Waals surface area contributed by atoms with Gasteiger partial charge in [0.15, 0.2) is 5.96 Å². The Morgan fingerprint density at radius 1 is 1.22 bits per heavy atom. The SMILES string of the molecule is CN=C(NCCCSc1ccccc1)N1CCN(C(=O)C2CCCO2)CC1. The highest BCUT2D eigenvalue weighted by Gasteiger charge is 2.30. The maximum absolute atomic E-state index is 12.4. The number of nitrogens with zero attached hydrogens (tertiary/aromatic N) is 3. The Labute approximate surface area is 166 Å². The molecule has 1 amide bonds. The Morgan fingerprint density at radius 2 is 1.96 bits per heavy atom. The van der Waals surface area contributed by atoms with Crippen molar-refractivity contribution in [2.24, 2.45) is 4.99 Å². The van der Waals surface area contributed by atoms with E-state index in [0.29, 0.717) is 0 Å². The number of carbonyl (C=O) groups is 1. The second-order valence-electron chi connectivity index (χ2n) is 6.80. The van der Waals surface area contributed by atoms with Gasteiger partial charge in [0.1, 0.15) is 6.10 Å². The summed E-state index contributed by atoms with van der Waals surface area (Å²) in [4.78, 5) is 22.3. The number of rotatable bonds is 6. The lowest BCUT2D eigenvalue weighted by molar-refractivity contribution is -0.142. The van der Waals surface area contributed by atoms with Crippen molar-refractivity contribution in [2.45, 2.75) is 30.3 Å². The van der Waals surface area contributed by atoms with Gasteiger partial charge in [-0.25, -0.2) is 0 Å². The van der Waals surface area contributed by atoms with Crippen LogP contribution in [0.15, 0.2) is 40.2 Å². The summed E-state index contributed by atoms with van der Waals surface area (Å²) < 4.78 is 5.53. The number of carbonyl (C=O) groups excluding carboxylic acids is 1. The first-order valence-corrected chi connectivity index (χ1v) is 10.8. The number of nitrogens with one attached hydrogen (secondary N) is 1. The summed E-state index contributed by atoms with van der Waals surface area (Å²) in [6.07, 6.45) is 2.73. The van der Waals surface area contributed by atoms with E-state index in [9.17, 15) is 4.79 Å². The maximum Gasteiger partial charge on any atom is 0.251 e. The zero-order valence-electron chi connectivity index (χ0n) is 16.1. The first kappa shape index (κ1) is 20.0. The number of piperazine rings is 1. The molecule has 7 heteroatoms. The lowest BCUT2D eigenvalue weighted by atomic mass is 10.2. The van der Waals surface area contributed by atoms with Crippen LogP contribution in [0.1, 0.15) is 19.3 Å². The molecule has 6 nitrogen and oxygen atoms in total. The van der Waals surface area contributed by atoms with Gasteiger partial charge in [-0.15, -0.1) is 11.8 Å². The van der Waals surface area contributed by atoms with Crippen LogP contribution in [0.25, 0.3) is 0 Å². The summed E-state index contributed by atoms with van der Waals surface area (Å²) >= 11 is 1.88. The largest absolute Gasteiger partial charge is 0.368 e. The van der Waals surface area contributed by atoms with Gasteiger partial charge in [0, 0.05) is 51.3 Å². The highest BCUT2D eigenvalue weighted by Crippen LogP contribution is 2.18. The van der Waals surface area contributed by atoms with Gasteiger partial charge < -0.3 is 19.9 Å². The molecule has 2 heterocycles. The van der Waals surface area contributed by atoms with E-state index in [1.807, 2.05) is 29.8 Å². The normalized spacial score (nSPS) is 20.8. The maximum atomic E-state index is 12.4. The molecule has 1 aromatic rings. The van der Waals surface area contributed by atoms with Crippen molar-refractivity contribution in [1.82, 2.24) is 15.1 Å². The molecular formula is C20H30N4O2S. The van der Waals surface area contributed by atoms with Crippen LogP contribution >= 0.6 is 11.8 Å². The molecule has 1 aromatic carbocycles. The third-order valence-corrected chi connectivity index (χ3v) is 6.02. The standard InChI is InChI=1S/C20H30N4O2S/c1-21-20(22-10-6-16-27-17-7-3-2-4-8-17)24-13-11-23(12-14-24)19(25)18-9-5-15-26-18/h2-4,7-8,18H,5-6,9-16H2,1H3,(H,21,22). The van der Waals surface area contributed by atoms with E-state index in [4.69, 9.17) is 4.74 Å². The molecule has 2 aliphatic rings. The molecular weight excluding hydrogens is 360 g/mol. The molecule has 3 rings (SSSR count). The summed E-state index contributed by atoms with van der Waals surface area (Å²) in [5.74, 6) is 2.18. The summed E-state index contributed by atoms with van der Waals surface area (Å²) in [6.45, 7) is 4.73. The van der Waals surface area contributed by atoms with E-state index in [-0.39, 0.29) is 12.0 Å². The molecule has 1 unspecified atom stereocenters. The second-order valence-corrected chi connectivity index (χ2v) is 7.97. The predicted octanol–water partition coefficient (Wildman–Crippen LogP) is 2.07. The number of amides is 1. The van der Waals surface area contributed by atoms with E-state index in [1.165, 1.54) is 4.90 Å². The Bertz CT molecular complexity index is 612. The van der Waals surface area contributed by atoms with Crippen LogP contribution in [0.3, 0.4) is 0 Å². The third-order valence-electron chi connectivity index (χ3n) is 4.92. The van der Waals surface area contributed by atoms with Crippen LogP contribution in [0.4, 0.5) is 0 Å². The molecule has 0 bridgehead atoms. The molecule has 2 fully saturated rings. The summed E-state index contributed by atoms with van der Waals surface area (Å²) in [5, 5.41) is 3.46. The molecule has 0 aromatic heterocycles. The molecule has 2 saturated heterocycles. The van der Waals surface area contributed by atoms with Gasteiger partial charge in [-0.05, 0) is 37.1 Å². The number of guanidine groups is 1. The fourth-order valence-corrected chi connectivity index (χ4v) is 4.30. The van der Waals surface area contributed by atoms with Crippen LogP contribution in [0.2, 0.25) is 0 Å². The van der Waals surface area contributed by atoms with Crippen molar-refractivity contribution in [3.8, 4) is 0 Å². The van der Waals surface area contributed by atoms with Crippen LogP contribution in [0.5, 0.6) is 0 Å². The zero-order chi connectivity index (χ0) is 18.9. The first-order chi connectivity index (χ1) is 13.3. The van der Waals surface area contributed by atoms with Gasteiger partial charge >= 0.3 is 0 Å². The van der Waals surface area contributed by atoms with Gasteiger partial charge in [0.05, 0.1) is 0 Å². The first-order valence-electron chi connectivity index (χ1n) is 9.82. The molecule has 2 aliphatic heterocycles. The Kier molecular flexibility index (Phi) is 7.83. The lowest BCUT2D eigenvalue weighted by Crippen LogP contribution is -2.55. The fraction of sp³-hybridized carbons (Fsp3) is 0.600. The summed E-state index contributed by atoms with van der Waals surface area (Å²) in [7, 11) is 1.82. The van der Waals surface area contributed by atoms with Crippen molar-refractivity contribution in [1.29, 1.82) is 0 Å².